The first-order valence-electron chi connectivity index (χ1n) is 9.94. The zero-order valence-corrected chi connectivity index (χ0v) is 16.2. The molecule has 154 valence electrons. The fraction of sp³-hybridized carbons (Fsp3) is 0.318. The topological polar surface area (TPSA) is 78.2 Å². The number of aliphatic carboxylic acids is 1. The highest BCUT2D eigenvalue weighted by Gasteiger charge is 2.49. The van der Waals surface area contributed by atoms with Crippen molar-refractivity contribution in [2.24, 2.45) is 11.8 Å². The van der Waals surface area contributed by atoms with Crippen LogP contribution in [0.2, 0.25) is 0 Å². The molecule has 3 atom stereocenters. The minimum Gasteiger partial charge on any atom is -0.480 e. The number of fused-ring (bicyclic) bond motifs is 2. The van der Waals surface area contributed by atoms with Crippen LogP contribution in [-0.2, 0) is 4.79 Å². The van der Waals surface area contributed by atoms with Crippen LogP contribution in [0.4, 0.5) is 4.39 Å². The molecule has 1 aromatic carbocycles. The molecule has 4 heterocycles. The van der Waals surface area contributed by atoms with Crippen LogP contribution in [0.15, 0.2) is 54.9 Å². The monoisotopic (exact) mass is 408 g/mol. The molecular formula is C22H21FN4O3. The molecule has 0 aliphatic carbocycles. The Hall–Kier alpha value is -3.26. The number of rotatable bonds is 4. The Labute approximate surface area is 172 Å². The van der Waals surface area contributed by atoms with Crippen molar-refractivity contribution in [3.8, 4) is 0 Å². The molecule has 0 radical (unpaired) electrons. The van der Waals surface area contributed by atoms with Gasteiger partial charge in [0.15, 0.2) is 0 Å². The zero-order chi connectivity index (χ0) is 20.8. The summed E-state index contributed by atoms with van der Waals surface area (Å²) in [6, 6.07) is 11.6. The molecule has 0 bridgehead atoms. The number of nitrogens with zero attached hydrogens (tertiary/aromatic N) is 4. The molecule has 0 unspecified atom stereocenters. The van der Waals surface area contributed by atoms with Crippen molar-refractivity contribution >= 4 is 17.5 Å². The summed E-state index contributed by atoms with van der Waals surface area (Å²) >= 11 is 0. The molecule has 1 N–H and O–H groups in total. The molecule has 0 spiro atoms. The molecule has 2 aromatic heterocycles. The van der Waals surface area contributed by atoms with E-state index in [0.29, 0.717) is 31.0 Å². The summed E-state index contributed by atoms with van der Waals surface area (Å²) in [7, 11) is 0. The predicted molar refractivity (Wildman–Crippen MR) is 106 cm³/mol. The summed E-state index contributed by atoms with van der Waals surface area (Å²) in [5.41, 5.74) is 1.77. The summed E-state index contributed by atoms with van der Waals surface area (Å²) in [6.45, 7) is 1.64. The lowest BCUT2D eigenvalue weighted by atomic mass is 9.89. The molecular weight excluding hydrogens is 387 g/mol. The van der Waals surface area contributed by atoms with Crippen LogP contribution in [0, 0.1) is 17.7 Å². The van der Waals surface area contributed by atoms with Crippen LogP contribution in [0.1, 0.15) is 22.1 Å². The Morgan fingerprint density at radius 3 is 2.77 bits per heavy atom. The molecule has 30 heavy (non-hydrogen) atoms. The minimum absolute atomic E-state index is 0.0246. The Balaban J connectivity index is 1.49. The van der Waals surface area contributed by atoms with Crippen molar-refractivity contribution in [2.45, 2.75) is 6.04 Å². The van der Waals surface area contributed by atoms with Crippen LogP contribution in [0.5, 0.6) is 0 Å². The van der Waals surface area contributed by atoms with E-state index >= 15 is 0 Å². The van der Waals surface area contributed by atoms with Crippen LogP contribution < -0.4 is 0 Å². The molecule has 2 aliphatic heterocycles. The lowest BCUT2D eigenvalue weighted by Gasteiger charge is -2.29. The highest BCUT2D eigenvalue weighted by molar-refractivity contribution is 5.93. The smallest absolute Gasteiger partial charge is 0.317 e. The number of hydrogen-bond donors (Lipinski definition) is 1. The molecule has 8 heteroatoms. The van der Waals surface area contributed by atoms with E-state index in [0.717, 1.165) is 5.56 Å². The average Bonchev–Trinajstić information content (AvgIpc) is 3.38. The van der Waals surface area contributed by atoms with Crippen molar-refractivity contribution in [1.29, 1.82) is 0 Å². The van der Waals surface area contributed by atoms with E-state index in [9.17, 15) is 14.0 Å². The van der Waals surface area contributed by atoms with E-state index < -0.39 is 5.97 Å². The van der Waals surface area contributed by atoms with Crippen LogP contribution in [-0.4, -0.2) is 62.3 Å². The SMILES string of the molecule is O=C(O)CN1C[C@H]2CN(C(=O)c3cn4ccccc4n3)[C@H](c3cccc(F)c3)[C@H]2C1. The molecule has 7 nitrogen and oxygen atoms in total. The summed E-state index contributed by atoms with van der Waals surface area (Å²) in [6.07, 6.45) is 3.55. The van der Waals surface area contributed by atoms with E-state index in [2.05, 4.69) is 4.98 Å². The van der Waals surface area contributed by atoms with E-state index in [1.54, 1.807) is 21.6 Å². The number of benzene rings is 1. The largest absolute Gasteiger partial charge is 0.480 e. The van der Waals surface area contributed by atoms with E-state index in [4.69, 9.17) is 5.11 Å². The highest BCUT2D eigenvalue weighted by atomic mass is 19.1. The van der Waals surface area contributed by atoms with Gasteiger partial charge in [-0.15, -0.1) is 0 Å². The summed E-state index contributed by atoms with van der Waals surface area (Å²) in [4.78, 5) is 32.7. The summed E-state index contributed by atoms with van der Waals surface area (Å²) in [5.74, 6) is -1.22. The first kappa shape index (κ1) is 18.7. The minimum atomic E-state index is -0.866. The third-order valence-electron chi connectivity index (χ3n) is 6.13. The van der Waals surface area contributed by atoms with E-state index in [-0.39, 0.29) is 36.1 Å². The Kier molecular flexibility index (Phi) is 4.51. The van der Waals surface area contributed by atoms with Gasteiger partial charge in [-0.2, -0.15) is 0 Å². The second-order valence-corrected chi connectivity index (χ2v) is 8.06. The van der Waals surface area contributed by atoms with Gasteiger partial charge in [0.1, 0.15) is 17.2 Å². The fourth-order valence-electron chi connectivity index (χ4n) is 4.97. The number of likely N-dealkylation sites (tertiary alicyclic amines) is 2. The second kappa shape index (κ2) is 7.21. The first-order valence-corrected chi connectivity index (χ1v) is 9.94. The van der Waals surface area contributed by atoms with Crippen molar-refractivity contribution in [3.63, 3.8) is 0 Å². The van der Waals surface area contributed by atoms with Gasteiger partial charge in [0.05, 0.1) is 12.6 Å². The summed E-state index contributed by atoms with van der Waals surface area (Å²) in [5, 5.41) is 9.15. The molecule has 2 saturated heterocycles. The number of halogens is 1. The Morgan fingerprint density at radius 2 is 2.00 bits per heavy atom. The molecule has 2 fully saturated rings. The molecule has 5 rings (SSSR count). The van der Waals surface area contributed by atoms with Gasteiger partial charge in [0, 0.05) is 37.9 Å². The fourth-order valence-corrected chi connectivity index (χ4v) is 4.97. The quantitative estimate of drug-likeness (QED) is 0.717. The van der Waals surface area contributed by atoms with Crippen molar-refractivity contribution in [1.82, 2.24) is 19.2 Å². The number of hydrogen-bond acceptors (Lipinski definition) is 4. The van der Waals surface area contributed by atoms with Gasteiger partial charge in [-0.1, -0.05) is 18.2 Å². The molecule has 0 saturated carbocycles. The predicted octanol–water partition coefficient (Wildman–Crippen LogP) is 2.30. The number of imidazole rings is 1. The number of carbonyl (C=O) groups excluding carboxylic acids is 1. The van der Waals surface area contributed by atoms with Gasteiger partial charge >= 0.3 is 5.97 Å². The van der Waals surface area contributed by atoms with Gasteiger partial charge < -0.3 is 14.4 Å². The zero-order valence-electron chi connectivity index (χ0n) is 16.2. The number of aromatic nitrogens is 2. The standard InChI is InChI=1S/C22H21FN4O3/c23-16-5-3-4-14(8-16)21-17-11-25(13-20(28)29)9-15(17)10-27(21)22(30)18-12-26-7-2-1-6-19(26)24-18/h1-8,12,15,17,21H,9-11,13H2,(H,28,29)/t15-,17-,21+/m0/s1. The van der Waals surface area contributed by atoms with E-state index in [1.165, 1.54) is 12.1 Å². The average molecular weight is 408 g/mol. The van der Waals surface area contributed by atoms with Crippen LogP contribution in [0.3, 0.4) is 0 Å². The number of pyridine rings is 1. The lowest BCUT2D eigenvalue weighted by molar-refractivity contribution is -0.138. The number of carboxylic acid groups (broad SMARTS) is 1. The van der Waals surface area contributed by atoms with Gasteiger partial charge in [-0.05, 0) is 35.7 Å². The van der Waals surface area contributed by atoms with Gasteiger partial charge in [-0.25, -0.2) is 9.37 Å². The maximum atomic E-state index is 14.0. The normalized spacial score (nSPS) is 23.8. The Morgan fingerprint density at radius 1 is 1.13 bits per heavy atom. The van der Waals surface area contributed by atoms with Gasteiger partial charge in [0.2, 0.25) is 0 Å². The third kappa shape index (κ3) is 3.23. The van der Waals surface area contributed by atoms with Gasteiger partial charge in [0.25, 0.3) is 5.91 Å². The van der Waals surface area contributed by atoms with Gasteiger partial charge in [-0.3, -0.25) is 14.5 Å². The van der Waals surface area contributed by atoms with Crippen molar-refractivity contribution in [3.05, 3.63) is 71.9 Å². The first-order chi connectivity index (χ1) is 14.5. The summed E-state index contributed by atoms with van der Waals surface area (Å²) < 4.78 is 15.8. The molecule has 3 aromatic rings. The molecule has 2 aliphatic rings. The van der Waals surface area contributed by atoms with Crippen molar-refractivity contribution in [2.75, 3.05) is 26.2 Å². The van der Waals surface area contributed by atoms with Crippen LogP contribution in [0.25, 0.3) is 5.65 Å². The second-order valence-electron chi connectivity index (χ2n) is 8.06. The maximum Gasteiger partial charge on any atom is 0.317 e. The highest BCUT2D eigenvalue weighted by Crippen LogP contribution is 2.45. The lowest BCUT2D eigenvalue weighted by Crippen LogP contribution is -2.37. The molecule has 1 amide bonds. The van der Waals surface area contributed by atoms with E-state index in [1.807, 2.05) is 35.4 Å². The number of carbonyl (C=O) groups is 2. The third-order valence-corrected chi connectivity index (χ3v) is 6.13. The number of carboxylic acids is 1. The maximum absolute atomic E-state index is 14.0. The Bertz CT molecular complexity index is 1100. The van der Waals surface area contributed by atoms with Crippen molar-refractivity contribution < 1.29 is 19.1 Å². The number of amides is 1. The van der Waals surface area contributed by atoms with Crippen LogP contribution >= 0.6 is 0 Å².